The summed E-state index contributed by atoms with van der Waals surface area (Å²) in [6, 6.07) is 7.78. The van der Waals surface area contributed by atoms with Gasteiger partial charge >= 0.3 is 0 Å². The van der Waals surface area contributed by atoms with E-state index in [4.69, 9.17) is 16.8 Å². The Kier molecular flexibility index (Phi) is 4.76. The van der Waals surface area contributed by atoms with Gasteiger partial charge in [0.1, 0.15) is 6.21 Å². The number of nitrogens with zero attached hydrogens (tertiary/aromatic N) is 3. The van der Waals surface area contributed by atoms with Crippen LogP contribution in [0.25, 0.3) is 0 Å². The minimum absolute atomic E-state index is 0.250. The summed E-state index contributed by atoms with van der Waals surface area (Å²) in [6.45, 7) is 3.63. The summed E-state index contributed by atoms with van der Waals surface area (Å²) in [4.78, 5) is 15.4. The molecule has 0 atom stereocenters. The summed E-state index contributed by atoms with van der Waals surface area (Å²) in [6.07, 6.45) is 0.934. The van der Waals surface area contributed by atoms with Gasteiger partial charge in [-0.2, -0.15) is 0 Å². The van der Waals surface area contributed by atoms with Crippen LogP contribution in [0.1, 0.15) is 5.56 Å². The molecule has 5 nitrogen and oxygen atoms in total. The van der Waals surface area contributed by atoms with Gasteiger partial charge in [-0.1, -0.05) is 35.0 Å². The van der Waals surface area contributed by atoms with Crippen LogP contribution >= 0.6 is 11.6 Å². The number of rotatable bonds is 3. The third-order valence-electron chi connectivity index (χ3n) is 3.20. The summed E-state index contributed by atoms with van der Waals surface area (Å²) in [5.74, 6) is -0.250. The van der Waals surface area contributed by atoms with Gasteiger partial charge < -0.3 is 10.1 Å². The first-order valence-corrected chi connectivity index (χ1v) is 6.50. The van der Waals surface area contributed by atoms with Crippen LogP contribution in [0, 0.1) is 0 Å². The van der Waals surface area contributed by atoms with Crippen molar-refractivity contribution in [2.45, 2.75) is 6.54 Å². The number of halogens is 1. The lowest BCUT2D eigenvalue weighted by Crippen LogP contribution is -2.48. The van der Waals surface area contributed by atoms with Crippen molar-refractivity contribution in [3.05, 3.63) is 34.9 Å². The zero-order chi connectivity index (χ0) is 13.7. The molecule has 2 rings (SSSR count). The van der Waals surface area contributed by atoms with Crippen LogP contribution in [0.15, 0.2) is 29.4 Å². The van der Waals surface area contributed by atoms with E-state index in [-0.39, 0.29) is 5.91 Å². The maximum absolute atomic E-state index is 11.5. The Hall–Kier alpha value is -1.59. The molecule has 1 aromatic rings. The average molecular weight is 282 g/mol. The predicted molar refractivity (Wildman–Crippen MR) is 73.6 cm³/mol. The highest BCUT2D eigenvalue weighted by Gasteiger charge is 2.20. The third kappa shape index (κ3) is 3.68. The average Bonchev–Trinajstić information content (AvgIpc) is 2.42. The SMILES string of the molecule is O=C(C=NO)N1CCN(Cc2ccccc2Cl)CC1. The molecule has 6 heteroatoms. The molecule has 1 aliphatic rings. The largest absolute Gasteiger partial charge is 0.411 e. The van der Waals surface area contributed by atoms with Gasteiger partial charge in [0, 0.05) is 37.7 Å². The standard InChI is InChI=1S/C13H16ClN3O2/c14-12-4-2-1-3-11(12)10-16-5-7-17(8-6-16)13(18)9-15-19/h1-4,9,19H,5-8,10H2. The van der Waals surface area contributed by atoms with Crippen LogP contribution in [0.2, 0.25) is 5.02 Å². The number of piperazine rings is 1. The second-order valence-corrected chi connectivity index (χ2v) is 4.84. The first-order chi connectivity index (χ1) is 9.20. The Morgan fingerprint density at radius 1 is 1.32 bits per heavy atom. The number of hydrogen-bond acceptors (Lipinski definition) is 4. The molecule has 0 spiro atoms. The fraction of sp³-hybridized carbons (Fsp3) is 0.385. The van der Waals surface area contributed by atoms with Crippen LogP contribution in [-0.2, 0) is 11.3 Å². The Bertz CT molecular complexity index is 471. The van der Waals surface area contributed by atoms with Crippen LogP contribution < -0.4 is 0 Å². The van der Waals surface area contributed by atoms with Crippen LogP contribution in [0.5, 0.6) is 0 Å². The highest BCUT2D eigenvalue weighted by atomic mass is 35.5. The van der Waals surface area contributed by atoms with Gasteiger partial charge in [-0.15, -0.1) is 0 Å². The van der Waals surface area contributed by atoms with Gasteiger partial charge in [0.2, 0.25) is 0 Å². The molecule has 1 saturated heterocycles. The lowest BCUT2D eigenvalue weighted by atomic mass is 10.2. The first-order valence-electron chi connectivity index (χ1n) is 6.13. The molecule has 102 valence electrons. The van der Waals surface area contributed by atoms with Crippen LogP contribution in [0.4, 0.5) is 0 Å². The van der Waals surface area contributed by atoms with E-state index in [0.717, 1.165) is 36.4 Å². The lowest BCUT2D eigenvalue weighted by Gasteiger charge is -2.34. The van der Waals surface area contributed by atoms with E-state index in [1.165, 1.54) is 0 Å². The number of amides is 1. The molecule has 0 aromatic heterocycles. The molecule has 1 fully saturated rings. The van der Waals surface area contributed by atoms with E-state index < -0.39 is 0 Å². The smallest absolute Gasteiger partial charge is 0.268 e. The number of benzene rings is 1. The van der Waals surface area contributed by atoms with Crippen molar-refractivity contribution in [2.24, 2.45) is 5.16 Å². The Morgan fingerprint density at radius 2 is 2.00 bits per heavy atom. The second kappa shape index (κ2) is 6.54. The normalized spacial score (nSPS) is 17.0. The van der Waals surface area contributed by atoms with Gasteiger partial charge in [0.05, 0.1) is 0 Å². The summed E-state index contributed by atoms with van der Waals surface area (Å²) in [5.41, 5.74) is 1.10. The first kappa shape index (κ1) is 13.8. The molecule has 1 N–H and O–H groups in total. The molecule has 1 aromatic carbocycles. The molecule has 0 bridgehead atoms. The molecule has 19 heavy (non-hydrogen) atoms. The van der Waals surface area contributed by atoms with Crippen LogP contribution in [0.3, 0.4) is 0 Å². The third-order valence-corrected chi connectivity index (χ3v) is 3.57. The van der Waals surface area contributed by atoms with E-state index >= 15 is 0 Å². The van der Waals surface area contributed by atoms with Gasteiger partial charge in [-0.05, 0) is 11.6 Å². The maximum Gasteiger partial charge on any atom is 0.268 e. The van der Waals surface area contributed by atoms with E-state index in [9.17, 15) is 4.79 Å². The molecule has 1 aliphatic heterocycles. The Morgan fingerprint density at radius 3 is 2.63 bits per heavy atom. The quantitative estimate of drug-likeness (QED) is 0.518. The molecular weight excluding hydrogens is 266 g/mol. The zero-order valence-electron chi connectivity index (χ0n) is 10.5. The predicted octanol–water partition coefficient (Wildman–Crippen LogP) is 1.44. The number of hydrogen-bond donors (Lipinski definition) is 1. The highest BCUT2D eigenvalue weighted by molar-refractivity contribution is 6.31. The topological polar surface area (TPSA) is 56.1 Å². The minimum Gasteiger partial charge on any atom is -0.411 e. The number of carbonyl (C=O) groups is 1. The maximum atomic E-state index is 11.5. The molecule has 0 saturated carbocycles. The van der Waals surface area contributed by atoms with Crippen molar-refractivity contribution >= 4 is 23.7 Å². The second-order valence-electron chi connectivity index (χ2n) is 4.44. The summed E-state index contributed by atoms with van der Waals surface area (Å²) >= 11 is 6.13. The fourth-order valence-corrected chi connectivity index (χ4v) is 2.32. The van der Waals surface area contributed by atoms with Gasteiger partial charge in [0.25, 0.3) is 5.91 Å². The molecule has 1 heterocycles. The van der Waals surface area contributed by atoms with E-state index in [0.29, 0.717) is 13.1 Å². The molecule has 0 aliphatic carbocycles. The van der Waals surface area contributed by atoms with Crippen molar-refractivity contribution in [1.82, 2.24) is 9.80 Å². The minimum atomic E-state index is -0.250. The fourth-order valence-electron chi connectivity index (χ4n) is 2.12. The lowest BCUT2D eigenvalue weighted by molar-refractivity contribution is -0.125. The van der Waals surface area contributed by atoms with Crippen molar-refractivity contribution in [2.75, 3.05) is 26.2 Å². The van der Waals surface area contributed by atoms with Crippen molar-refractivity contribution in [3.63, 3.8) is 0 Å². The summed E-state index contributed by atoms with van der Waals surface area (Å²) < 4.78 is 0. The van der Waals surface area contributed by atoms with Crippen molar-refractivity contribution in [3.8, 4) is 0 Å². The summed E-state index contributed by atoms with van der Waals surface area (Å²) in [7, 11) is 0. The molecular formula is C13H16ClN3O2. The highest BCUT2D eigenvalue weighted by Crippen LogP contribution is 2.17. The Balaban J connectivity index is 1.87. The zero-order valence-corrected chi connectivity index (χ0v) is 11.3. The van der Waals surface area contributed by atoms with Gasteiger partial charge in [-0.3, -0.25) is 9.69 Å². The van der Waals surface area contributed by atoms with Crippen molar-refractivity contribution in [1.29, 1.82) is 0 Å². The number of carbonyl (C=O) groups excluding carboxylic acids is 1. The van der Waals surface area contributed by atoms with Crippen molar-refractivity contribution < 1.29 is 10.0 Å². The van der Waals surface area contributed by atoms with E-state index in [1.807, 2.05) is 24.3 Å². The number of oxime groups is 1. The van der Waals surface area contributed by atoms with E-state index in [1.54, 1.807) is 4.90 Å². The molecule has 1 amide bonds. The van der Waals surface area contributed by atoms with E-state index in [2.05, 4.69) is 10.1 Å². The van der Waals surface area contributed by atoms with Crippen LogP contribution in [-0.4, -0.2) is 53.3 Å². The molecule has 0 radical (unpaired) electrons. The Labute approximate surface area is 117 Å². The van der Waals surface area contributed by atoms with Gasteiger partial charge in [-0.25, -0.2) is 0 Å². The monoisotopic (exact) mass is 281 g/mol. The molecule has 0 unspecified atom stereocenters. The summed E-state index contributed by atoms with van der Waals surface area (Å²) in [5, 5.41) is 11.9. The van der Waals surface area contributed by atoms with Gasteiger partial charge in [0.15, 0.2) is 0 Å².